The number of aromatic amines is 1. The molecule has 0 aliphatic carbocycles. The third kappa shape index (κ3) is 4.14. The molecule has 2 aliphatic heterocycles. The highest BCUT2D eigenvalue weighted by atomic mass is 19.4. The van der Waals surface area contributed by atoms with E-state index in [1.807, 2.05) is 5.10 Å². The molecule has 25 heavy (non-hydrogen) atoms. The summed E-state index contributed by atoms with van der Waals surface area (Å²) in [6.07, 6.45) is -2.53. The Morgan fingerprint density at radius 1 is 1.24 bits per heavy atom. The minimum Gasteiger partial charge on any atom is -0.373 e. The molecule has 6 nitrogen and oxygen atoms in total. The van der Waals surface area contributed by atoms with Crippen LogP contribution < -0.4 is 0 Å². The minimum atomic E-state index is -4.53. The van der Waals surface area contributed by atoms with Gasteiger partial charge in [-0.2, -0.15) is 18.3 Å². The van der Waals surface area contributed by atoms with E-state index in [4.69, 9.17) is 4.74 Å². The van der Waals surface area contributed by atoms with Gasteiger partial charge >= 0.3 is 6.18 Å². The summed E-state index contributed by atoms with van der Waals surface area (Å²) >= 11 is 0. The Labute approximate surface area is 144 Å². The predicted molar refractivity (Wildman–Crippen MR) is 84.1 cm³/mol. The number of likely N-dealkylation sites (tertiary alicyclic amines) is 1. The summed E-state index contributed by atoms with van der Waals surface area (Å²) in [5.41, 5.74) is -1.18. The monoisotopic (exact) mass is 360 g/mol. The quantitative estimate of drug-likeness (QED) is 0.878. The first-order valence-electron chi connectivity index (χ1n) is 8.55. The largest absolute Gasteiger partial charge is 0.432 e. The summed E-state index contributed by atoms with van der Waals surface area (Å²) in [7, 11) is 0. The number of ether oxygens (including phenoxy) is 1. The van der Waals surface area contributed by atoms with Crippen LogP contribution in [0.2, 0.25) is 0 Å². The van der Waals surface area contributed by atoms with Gasteiger partial charge in [-0.05, 0) is 26.7 Å². The maximum atomic E-state index is 12.6. The van der Waals surface area contributed by atoms with Crippen LogP contribution in [0, 0.1) is 0 Å². The van der Waals surface area contributed by atoms with Gasteiger partial charge in [-0.25, -0.2) is 0 Å². The van der Waals surface area contributed by atoms with Crippen molar-refractivity contribution in [2.24, 2.45) is 0 Å². The highest BCUT2D eigenvalue weighted by Crippen LogP contribution is 2.28. The zero-order chi connectivity index (χ0) is 18.2. The Balaban J connectivity index is 1.57. The number of nitrogens with zero attached hydrogens (tertiary/aromatic N) is 3. The van der Waals surface area contributed by atoms with Crippen molar-refractivity contribution in [1.82, 2.24) is 20.0 Å². The molecule has 3 rings (SSSR count). The fourth-order valence-corrected chi connectivity index (χ4v) is 3.69. The van der Waals surface area contributed by atoms with Gasteiger partial charge in [0, 0.05) is 38.3 Å². The number of H-pyrrole nitrogens is 1. The molecule has 0 saturated carbocycles. The highest BCUT2D eigenvalue weighted by molar-refractivity contribution is 5.92. The van der Waals surface area contributed by atoms with Crippen LogP contribution in [-0.2, 0) is 10.9 Å². The van der Waals surface area contributed by atoms with E-state index in [9.17, 15) is 18.0 Å². The lowest BCUT2D eigenvalue weighted by Crippen LogP contribution is -2.53. The summed E-state index contributed by atoms with van der Waals surface area (Å²) in [6.45, 7) is 6.90. The fraction of sp³-hybridized carbons (Fsp3) is 0.750. The van der Waals surface area contributed by atoms with Gasteiger partial charge in [-0.3, -0.25) is 14.8 Å². The van der Waals surface area contributed by atoms with Gasteiger partial charge < -0.3 is 9.64 Å². The topological polar surface area (TPSA) is 61.5 Å². The molecule has 1 N–H and O–H groups in total. The summed E-state index contributed by atoms with van der Waals surface area (Å²) < 4.78 is 43.6. The van der Waals surface area contributed by atoms with E-state index in [1.54, 1.807) is 4.90 Å². The number of nitrogens with one attached hydrogen (secondary N) is 1. The Morgan fingerprint density at radius 2 is 1.84 bits per heavy atom. The van der Waals surface area contributed by atoms with Crippen molar-refractivity contribution >= 4 is 5.91 Å². The number of piperidine rings is 1. The molecule has 0 bridgehead atoms. The predicted octanol–water partition coefficient (Wildman–Crippen LogP) is 2.14. The second-order valence-electron chi connectivity index (χ2n) is 6.90. The van der Waals surface area contributed by atoms with Gasteiger partial charge in [0.1, 0.15) is 5.69 Å². The highest BCUT2D eigenvalue weighted by Gasteiger charge is 2.36. The van der Waals surface area contributed by atoms with Crippen LogP contribution in [0.4, 0.5) is 13.2 Å². The molecule has 2 aliphatic rings. The van der Waals surface area contributed by atoms with Crippen molar-refractivity contribution in [3.8, 4) is 0 Å². The first-order valence-corrected chi connectivity index (χ1v) is 8.55. The smallest absolute Gasteiger partial charge is 0.373 e. The van der Waals surface area contributed by atoms with E-state index >= 15 is 0 Å². The van der Waals surface area contributed by atoms with Crippen LogP contribution in [0.15, 0.2) is 6.07 Å². The van der Waals surface area contributed by atoms with Gasteiger partial charge in [0.15, 0.2) is 5.69 Å². The summed E-state index contributed by atoms with van der Waals surface area (Å²) in [6, 6.07) is 1.16. The molecular weight excluding hydrogens is 337 g/mol. The molecule has 1 aromatic rings. The normalized spacial score (nSPS) is 26.8. The van der Waals surface area contributed by atoms with Crippen molar-refractivity contribution < 1.29 is 22.7 Å². The number of hydrogen-bond donors (Lipinski definition) is 1. The molecule has 140 valence electrons. The van der Waals surface area contributed by atoms with Crippen LogP contribution in [-0.4, -0.2) is 70.3 Å². The number of aromatic nitrogens is 2. The van der Waals surface area contributed by atoms with E-state index in [-0.39, 0.29) is 17.9 Å². The standard InChI is InChI=1S/C16H23F3N4O2/c1-10-8-23(9-11(2)25-10)12-3-5-22(6-4-12)15(24)13-7-14(21-20-13)16(17,18)19/h7,10-12H,3-6,8-9H2,1-2H3,(H,20,21)/t10-,11+. The fourth-order valence-electron chi connectivity index (χ4n) is 3.69. The lowest BCUT2D eigenvalue weighted by molar-refractivity contribution is -0.141. The molecular formula is C16H23F3N4O2. The van der Waals surface area contributed by atoms with Crippen LogP contribution in [0.1, 0.15) is 42.9 Å². The Kier molecular flexibility index (Phi) is 5.06. The second kappa shape index (κ2) is 6.95. The number of carbonyl (C=O) groups excluding carboxylic acids is 1. The van der Waals surface area contributed by atoms with Gasteiger partial charge in [0.05, 0.1) is 12.2 Å². The minimum absolute atomic E-state index is 0.181. The van der Waals surface area contributed by atoms with Crippen LogP contribution >= 0.6 is 0 Å². The SMILES string of the molecule is C[C@@H]1CN(C2CCN(C(=O)c3cc(C(F)(F)F)[nH]n3)CC2)C[C@H](C)O1. The van der Waals surface area contributed by atoms with Crippen LogP contribution in [0.25, 0.3) is 0 Å². The van der Waals surface area contributed by atoms with Crippen LogP contribution in [0.5, 0.6) is 0 Å². The third-order valence-corrected chi connectivity index (χ3v) is 4.82. The average Bonchev–Trinajstić information content (AvgIpc) is 3.03. The Bertz CT molecular complexity index is 601. The van der Waals surface area contributed by atoms with E-state index in [1.165, 1.54) is 0 Å². The van der Waals surface area contributed by atoms with Crippen LogP contribution in [0.3, 0.4) is 0 Å². The number of rotatable bonds is 2. The number of morpholine rings is 1. The number of carbonyl (C=O) groups is 1. The number of amides is 1. The molecule has 0 unspecified atom stereocenters. The zero-order valence-corrected chi connectivity index (χ0v) is 14.3. The van der Waals surface area contributed by atoms with Crippen molar-refractivity contribution in [2.45, 2.75) is 51.1 Å². The summed E-state index contributed by atoms with van der Waals surface area (Å²) in [4.78, 5) is 16.4. The van der Waals surface area contributed by atoms with E-state index in [2.05, 4.69) is 23.8 Å². The van der Waals surface area contributed by atoms with E-state index in [0.29, 0.717) is 19.1 Å². The lowest BCUT2D eigenvalue weighted by Gasteiger charge is -2.43. The molecule has 1 aromatic heterocycles. The maximum Gasteiger partial charge on any atom is 0.432 e. The van der Waals surface area contributed by atoms with Gasteiger partial charge in [0.2, 0.25) is 0 Å². The van der Waals surface area contributed by atoms with E-state index in [0.717, 1.165) is 32.0 Å². The molecule has 0 aromatic carbocycles. The number of halogens is 3. The molecule has 2 atom stereocenters. The van der Waals surface area contributed by atoms with E-state index < -0.39 is 17.8 Å². The van der Waals surface area contributed by atoms with Crippen molar-refractivity contribution in [3.63, 3.8) is 0 Å². The lowest BCUT2D eigenvalue weighted by atomic mass is 10.0. The third-order valence-electron chi connectivity index (χ3n) is 4.82. The average molecular weight is 360 g/mol. The van der Waals surface area contributed by atoms with Crippen molar-refractivity contribution in [3.05, 3.63) is 17.5 Å². The summed E-state index contributed by atoms with van der Waals surface area (Å²) in [5.74, 6) is -0.450. The molecule has 3 heterocycles. The molecule has 0 spiro atoms. The molecule has 2 saturated heterocycles. The maximum absolute atomic E-state index is 12.6. The first kappa shape index (κ1) is 18.2. The number of hydrogen-bond acceptors (Lipinski definition) is 4. The molecule has 1 amide bonds. The molecule has 2 fully saturated rings. The van der Waals surface area contributed by atoms with Crippen molar-refractivity contribution in [2.75, 3.05) is 26.2 Å². The zero-order valence-electron chi connectivity index (χ0n) is 14.3. The molecule has 9 heteroatoms. The Morgan fingerprint density at radius 3 is 2.36 bits per heavy atom. The van der Waals surface area contributed by atoms with Gasteiger partial charge in [-0.1, -0.05) is 0 Å². The second-order valence-corrected chi connectivity index (χ2v) is 6.90. The van der Waals surface area contributed by atoms with Gasteiger partial charge in [0.25, 0.3) is 5.91 Å². The Hall–Kier alpha value is -1.61. The first-order chi connectivity index (χ1) is 11.7. The number of alkyl halides is 3. The summed E-state index contributed by atoms with van der Waals surface area (Å²) in [5, 5.41) is 5.41. The van der Waals surface area contributed by atoms with Gasteiger partial charge in [-0.15, -0.1) is 0 Å². The van der Waals surface area contributed by atoms with Crippen molar-refractivity contribution in [1.29, 1.82) is 0 Å². The molecule has 0 radical (unpaired) electrons.